The normalized spacial score (nSPS) is 15.6. The molecule has 0 amide bonds. The lowest BCUT2D eigenvalue weighted by atomic mass is 10.0. The van der Waals surface area contributed by atoms with E-state index in [4.69, 9.17) is 0 Å². The standard InChI is InChI=1S/C15H21NO.C10H11FO.C5H11N/c1-12(2)15(17)13-6-8-14(9-7-13)16-10-4-3-5-11-16;1-7(2)10(12)8-3-5-9(11)6-4-8;1-2-4-6-5-3-1/h6-9,12H,3-5,10-11H2,1-2H3;3-7H,1-2H3;6H,1-5H2. The molecule has 2 fully saturated rings. The van der Waals surface area contributed by atoms with Crippen LogP contribution in [0.15, 0.2) is 48.5 Å². The van der Waals surface area contributed by atoms with Crippen molar-refractivity contribution in [2.75, 3.05) is 31.1 Å². The van der Waals surface area contributed by atoms with E-state index < -0.39 is 0 Å². The fourth-order valence-electron chi connectivity index (χ4n) is 4.07. The van der Waals surface area contributed by atoms with E-state index in [2.05, 4.69) is 22.3 Å². The lowest BCUT2D eigenvalue weighted by Gasteiger charge is -2.28. The van der Waals surface area contributed by atoms with Crippen LogP contribution in [0.1, 0.15) is 86.9 Å². The zero-order chi connectivity index (χ0) is 25.6. The van der Waals surface area contributed by atoms with Crippen molar-refractivity contribution < 1.29 is 14.0 Å². The van der Waals surface area contributed by atoms with Crippen LogP contribution in [0.25, 0.3) is 0 Å². The largest absolute Gasteiger partial charge is 0.372 e. The molecule has 2 saturated heterocycles. The smallest absolute Gasteiger partial charge is 0.165 e. The van der Waals surface area contributed by atoms with Gasteiger partial charge in [-0.25, -0.2) is 4.39 Å². The molecule has 192 valence electrons. The molecule has 0 radical (unpaired) electrons. The fourth-order valence-corrected chi connectivity index (χ4v) is 4.07. The van der Waals surface area contributed by atoms with Crippen LogP contribution in [0.5, 0.6) is 0 Å². The van der Waals surface area contributed by atoms with Gasteiger partial charge in [0.05, 0.1) is 0 Å². The number of halogens is 1. The Morgan fingerprint density at radius 1 is 0.686 bits per heavy atom. The molecule has 0 unspecified atom stereocenters. The average molecular weight is 483 g/mol. The van der Waals surface area contributed by atoms with Crippen molar-refractivity contribution in [3.8, 4) is 0 Å². The van der Waals surface area contributed by atoms with Crippen molar-refractivity contribution >= 4 is 17.3 Å². The van der Waals surface area contributed by atoms with Crippen molar-refractivity contribution in [3.63, 3.8) is 0 Å². The maximum absolute atomic E-state index is 12.4. The van der Waals surface area contributed by atoms with Crippen LogP contribution in [-0.2, 0) is 0 Å². The number of carbonyl (C=O) groups excluding carboxylic acids is 2. The number of piperidine rings is 2. The van der Waals surface area contributed by atoms with Gasteiger partial charge >= 0.3 is 0 Å². The van der Waals surface area contributed by atoms with E-state index in [-0.39, 0.29) is 29.2 Å². The summed E-state index contributed by atoms with van der Waals surface area (Å²) in [7, 11) is 0. The summed E-state index contributed by atoms with van der Waals surface area (Å²) >= 11 is 0. The Morgan fingerprint density at radius 2 is 1.11 bits per heavy atom. The number of rotatable bonds is 5. The van der Waals surface area contributed by atoms with E-state index >= 15 is 0 Å². The predicted molar refractivity (Wildman–Crippen MR) is 144 cm³/mol. The summed E-state index contributed by atoms with van der Waals surface area (Å²) in [5.41, 5.74) is 2.66. The highest BCUT2D eigenvalue weighted by atomic mass is 19.1. The molecule has 0 aromatic heterocycles. The molecule has 2 aromatic rings. The van der Waals surface area contributed by atoms with Gasteiger partial charge in [0, 0.05) is 41.7 Å². The topological polar surface area (TPSA) is 49.4 Å². The van der Waals surface area contributed by atoms with Crippen molar-refractivity contribution in [2.45, 2.75) is 66.2 Å². The molecule has 0 saturated carbocycles. The molecule has 0 bridgehead atoms. The molecule has 2 aliphatic rings. The van der Waals surface area contributed by atoms with Crippen LogP contribution in [0.3, 0.4) is 0 Å². The Bertz CT molecular complexity index is 870. The Kier molecular flexibility index (Phi) is 12.7. The van der Waals surface area contributed by atoms with Crippen LogP contribution < -0.4 is 10.2 Å². The number of benzene rings is 2. The number of anilines is 1. The molecular weight excluding hydrogens is 439 g/mol. The zero-order valence-corrected chi connectivity index (χ0v) is 22.0. The second kappa shape index (κ2) is 15.5. The lowest BCUT2D eigenvalue weighted by molar-refractivity contribution is 0.0932. The maximum Gasteiger partial charge on any atom is 0.165 e. The van der Waals surface area contributed by atoms with Gasteiger partial charge in [0.25, 0.3) is 0 Å². The highest BCUT2D eigenvalue weighted by Crippen LogP contribution is 2.21. The summed E-state index contributed by atoms with van der Waals surface area (Å²) in [6.07, 6.45) is 8.13. The Hall–Kier alpha value is -2.53. The van der Waals surface area contributed by atoms with Gasteiger partial charge in [-0.05, 0) is 93.7 Å². The van der Waals surface area contributed by atoms with E-state index in [1.54, 1.807) is 0 Å². The van der Waals surface area contributed by atoms with Gasteiger partial charge in [-0.15, -0.1) is 0 Å². The number of hydrogen-bond acceptors (Lipinski definition) is 4. The number of nitrogens with zero attached hydrogens (tertiary/aromatic N) is 1. The Labute approximate surface area is 211 Å². The fraction of sp³-hybridized carbons (Fsp3) is 0.533. The van der Waals surface area contributed by atoms with Crippen molar-refractivity contribution in [2.24, 2.45) is 11.8 Å². The number of carbonyl (C=O) groups is 2. The summed E-state index contributed by atoms with van der Waals surface area (Å²) in [5.74, 6) is 0.0202. The number of nitrogens with one attached hydrogen (secondary N) is 1. The lowest BCUT2D eigenvalue weighted by Crippen LogP contribution is -2.29. The highest BCUT2D eigenvalue weighted by Gasteiger charge is 2.13. The molecule has 4 nitrogen and oxygen atoms in total. The molecule has 2 heterocycles. The van der Waals surface area contributed by atoms with Crippen LogP contribution in [0, 0.1) is 17.7 Å². The van der Waals surface area contributed by atoms with Gasteiger partial charge in [-0.1, -0.05) is 34.1 Å². The third-order valence-electron chi connectivity index (χ3n) is 6.26. The second-order valence-electron chi connectivity index (χ2n) is 9.95. The Balaban J connectivity index is 0.000000207. The number of ketones is 2. The van der Waals surface area contributed by atoms with E-state index in [1.807, 2.05) is 39.8 Å². The highest BCUT2D eigenvalue weighted by molar-refractivity contribution is 5.98. The maximum atomic E-state index is 12.4. The zero-order valence-electron chi connectivity index (χ0n) is 22.0. The molecule has 2 aliphatic heterocycles. The van der Waals surface area contributed by atoms with E-state index in [0.29, 0.717) is 5.56 Å². The molecule has 0 atom stereocenters. The van der Waals surface area contributed by atoms with Gasteiger partial charge in [0.15, 0.2) is 11.6 Å². The number of hydrogen-bond donors (Lipinski definition) is 1. The first kappa shape index (κ1) is 28.7. The summed E-state index contributed by atoms with van der Waals surface area (Å²) < 4.78 is 12.4. The first-order valence-corrected chi connectivity index (χ1v) is 13.2. The van der Waals surface area contributed by atoms with Gasteiger partial charge in [0.1, 0.15) is 5.82 Å². The van der Waals surface area contributed by atoms with Gasteiger partial charge < -0.3 is 10.2 Å². The van der Waals surface area contributed by atoms with Crippen molar-refractivity contribution in [3.05, 3.63) is 65.5 Å². The minimum Gasteiger partial charge on any atom is -0.372 e. The van der Waals surface area contributed by atoms with E-state index in [0.717, 1.165) is 18.7 Å². The van der Waals surface area contributed by atoms with Crippen LogP contribution in [0.4, 0.5) is 10.1 Å². The molecule has 0 spiro atoms. The summed E-state index contributed by atoms with van der Waals surface area (Å²) in [6, 6.07) is 13.7. The molecule has 35 heavy (non-hydrogen) atoms. The van der Waals surface area contributed by atoms with E-state index in [9.17, 15) is 14.0 Å². The SMILES string of the molecule is C1CCNCC1.CC(C)C(=O)c1ccc(F)cc1.CC(C)C(=O)c1ccc(N2CCCCC2)cc1. The van der Waals surface area contributed by atoms with Gasteiger partial charge in [-0.2, -0.15) is 0 Å². The summed E-state index contributed by atoms with van der Waals surface area (Å²) in [6.45, 7) is 12.3. The van der Waals surface area contributed by atoms with Gasteiger partial charge in [-0.3, -0.25) is 9.59 Å². The predicted octanol–water partition coefficient (Wildman–Crippen LogP) is 6.94. The van der Waals surface area contributed by atoms with E-state index in [1.165, 1.54) is 81.6 Å². The monoisotopic (exact) mass is 482 g/mol. The van der Waals surface area contributed by atoms with Crippen molar-refractivity contribution in [1.29, 1.82) is 0 Å². The second-order valence-corrected chi connectivity index (χ2v) is 9.95. The Morgan fingerprint density at radius 3 is 1.49 bits per heavy atom. The third kappa shape index (κ3) is 10.3. The van der Waals surface area contributed by atoms with Gasteiger partial charge in [0.2, 0.25) is 0 Å². The molecule has 0 aliphatic carbocycles. The van der Waals surface area contributed by atoms with Crippen LogP contribution in [0.2, 0.25) is 0 Å². The molecule has 4 rings (SSSR count). The molecule has 1 N–H and O–H groups in total. The quantitative estimate of drug-likeness (QED) is 0.469. The summed E-state index contributed by atoms with van der Waals surface area (Å²) in [5, 5.41) is 3.28. The molecule has 5 heteroatoms. The average Bonchev–Trinajstić information content (AvgIpc) is 2.90. The molecule has 2 aromatic carbocycles. The first-order valence-electron chi connectivity index (χ1n) is 13.2. The first-order chi connectivity index (χ1) is 16.8. The van der Waals surface area contributed by atoms with Crippen LogP contribution in [-0.4, -0.2) is 37.7 Å². The minimum atomic E-state index is -0.310. The number of Topliss-reactive ketones (excluding diaryl/α,β-unsaturated/α-hetero) is 2. The van der Waals surface area contributed by atoms with Crippen LogP contribution >= 0.6 is 0 Å². The third-order valence-corrected chi connectivity index (χ3v) is 6.26. The summed E-state index contributed by atoms with van der Waals surface area (Å²) in [4.78, 5) is 25.6. The minimum absolute atomic E-state index is 0.0320. The molecular formula is C30H43FN2O2. The van der Waals surface area contributed by atoms with Crippen molar-refractivity contribution in [1.82, 2.24) is 5.32 Å².